The van der Waals surface area contributed by atoms with Gasteiger partial charge in [0.05, 0.1) is 37.6 Å². The van der Waals surface area contributed by atoms with Gasteiger partial charge in [-0.2, -0.15) is 26.3 Å². The maximum atomic E-state index is 13.9. The van der Waals surface area contributed by atoms with E-state index in [4.69, 9.17) is 78.6 Å². The molecule has 3 aliphatic rings. The zero-order chi connectivity index (χ0) is 57.6. The van der Waals surface area contributed by atoms with Crippen LogP contribution in [0.4, 0.5) is 26.3 Å². The normalized spacial score (nSPS) is 26.8. The van der Waals surface area contributed by atoms with Crippen LogP contribution in [0, 0.1) is 0 Å². The van der Waals surface area contributed by atoms with Gasteiger partial charge < -0.3 is 79.5 Å². The second-order valence-electron chi connectivity index (χ2n) is 17.8. The van der Waals surface area contributed by atoms with Gasteiger partial charge in [0.15, 0.2) is 12.2 Å². The SMILES string of the molecule is COC(=O)[C@@]1(OCC[Si](C)(C)C)C[C@H](OC(=O)c2ccccc2)[C@@H](N)[C@H]([C@H](O)[C@H]2CNC(=O)[C@]3(C[C@H](OC(C)=O)[C@@H](N)[C@H]([C@H](OC(C)=O)[C@@H](COC(C)=O)OC(C)=O)O3)O2)O1.O=C(O)C(F)(F)F.O=C(O)C(F)(F)F. The van der Waals surface area contributed by atoms with Crippen LogP contribution in [0.1, 0.15) is 50.9 Å². The number of methoxy groups -OCH3 is 1. The van der Waals surface area contributed by atoms with E-state index in [1.165, 1.54) is 12.1 Å². The van der Waals surface area contributed by atoms with Crippen molar-refractivity contribution in [1.29, 1.82) is 0 Å². The molecule has 0 unspecified atom stereocenters. The number of nitrogens with one attached hydrogen (secondary N) is 1. The summed E-state index contributed by atoms with van der Waals surface area (Å²) in [4.78, 5) is 108. The lowest BCUT2D eigenvalue weighted by atomic mass is 9.86. The topological polar surface area (TPSA) is 371 Å². The van der Waals surface area contributed by atoms with Gasteiger partial charge in [-0.25, -0.2) is 19.2 Å². The van der Waals surface area contributed by atoms with E-state index in [9.17, 15) is 65.0 Å². The lowest BCUT2D eigenvalue weighted by Crippen LogP contribution is -2.73. The fourth-order valence-electron chi connectivity index (χ4n) is 7.14. The van der Waals surface area contributed by atoms with Crippen LogP contribution in [0.5, 0.6) is 0 Å². The number of aliphatic hydroxyl groups is 1. The molecular formula is C43H59F6N3O22Si. The van der Waals surface area contributed by atoms with Gasteiger partial charge in [-0.1, -0.05) is 37.8 Å². The van der Waals surface area contributed by atoms with E-state index in [1.807, 2.05) is 0 Å². The summed E-state index contributed by atoms with van der Waals surface area (Å²) in [5.74, 6) is -16.4. The van der Waals surface area contributed by atoms with Gasteiger partial charge in [-0.15, -0.1) is 0 Å². The summed E-state index contributed by atoms with van der Waals surface area (Å²) in [6, 6.07) is 5.78. The van der Waals surface area contributed by atoms with Crippen LogP contribution < -0.4 is 16.8 Å². The largest absolute Gasteiger partial charge is 0.490 e. The van der Waals surface area contributed by atoms with Crippen LogP contribution in [0.3, 0.4) is 0 Å². The summed E-state index contributed by atoms with van der Waals surface area (Å²) in [6.07, 6.45) is -23.9. The summed E-state index contributed by atoms with van der Waals surface area (Å²) in [5, 5.41) is 29.0. The highest BCUT2D eigenvalue weighted by atomic mass is 28.3. The van der Waals surface area contributed by atoms with Crippen LogP contribution in [0.2, 0.25) is 25.7 Å². The van der Waals surface area contributed by atoms with E-state index in [2.05, 4.69) is 25.0 Å². The van der Waals surface area contributed by atoms with Crippen molar-refractivity contribution in [3.05, 3.63) is 35.9 Å². The van der Waals surface area contributed by atoms with Crippen molar-refractivity contribution >= 4 is 61.7 Å². The zero-order valence-electron chi connectivity index (χ0n) is 41.4. The van der Waals surface area contributed by atoms with Crippen molar-refractivity contribution < 1.29 is 132 Å². The number of rotatable bonds is 16. The highest BCUT2D eigenvalue weighted by Crippen LogP contribution is 2.41. The number of ether oxygens (including phenoxy) is 10. The number of halogens is 6. The molecule has 25 nitrogen and oxygen atoms in total. The molecular weight excluding hydrogens is 1050 g/mol. The number of aliphatic carboxylic acids is 2. The Morgan fingerprint density at radius 1 is 0.773 bits per heavy atom. The van der Waals surface area contributed by atoms with Gasteiger partial charge >= 0.3 is 60.1 Å². The third-order valence-electron chi connectivity index (χ3n) is 10.6. The first-order valence-corrected chi connectivity index (χ1v) is 25.9. The molecule has 424 valence electrons. The molecule has 0 aliphatic carbocycles. The van der Waals surface area contributed by atoms with Crippen molar-refractivity contribution in [2.75, 3.05) is 26.9 Å². The first kappa shape index (κ1) is 65.1. The number of carbonyl (C=O) groups is 9. The van der Waals surface area contributed by atoms with Crippen LogP contribution in [0.15, 0.2) is 30.3 Å². The predicted molar refractivity (Wildman–Crippen MR) is 237 cm³/mol. The molecule has 3 saturated heterocycles. The second kappa shape index (κ2) is 27.1. The number of alkyl halides is 6. The van der Waals surface area contributed by atoms with E-state index < -0.39 is 173 Å². The molecule has 3 fully saturated rings. The molecule has 4 rings (SSSR count). The molecule has 0 bridgehead atoms. The second-order valence-corrected chi connectivity index (χ2v) is 23.5. The molecule has 0 aromatic heterocycles. The Labute approximate surface area is 424 Å². The molecule has 1 aromatic rings. The molecule has 75 heavy (non-hydrogen) atoms. The minimum Gasteiger partial charge on any atom is -0.475 e. The third kappa shape index (κ3) is 19.6. The average molecular weight is 1110 g/mol. The number of benzene rings is 1. The number of hydrogen-bond acceptors (Lipinski definition) is 22. The number of morpholine rings is 1. The molecule has 3 heterocycles. The van der Waals surface area contributed by atoms with Gasteiger partial charge in [0.2, 0.25) is 0 Å². The van der Waals surface area contributed by atoms with Gasteiger partial charge in [-0.3, -0.25) is 24.0 Å². The Morgan fingerprint density at radius 2 is 1.29 bits per heavy atom. The molecule has 1 spiro atoms. The van der Waals surface area contributed by atoms with Crippen molar-refractivity contribution in [2.45, 2.75) is 151 Å². The van der Waals surface area contributed by atoms with E-state index in [1.54, 1.807) is 18.2 Å². The summed E-state index contributed by atoms with van der Waals surface area (Å²) in [5.41, 5.74) is 13.4. The first-order valence-electron chi connectivity index (χ1n) is 22.1. The van der Waals surface area contributed by atoms with Crippen LogP contribution in [0.25, 0.3) is 0 Å². The molecule has 12 atom stereocenters. The Kier molecular flexibility index (Phi) is 23.6. The summed E-state index contributed by atoms with van der Waals surface area (Å²) in [6.45, 7) is 9.42. The van der Waals surface area contributed by atoms with Crippen LogP contribution >= 0.6 is 0 Å². The number of carboxylic acids is 2. The highest BCUT2D eigenvalue weighted by molar-refractivity contribution is 6.76. The average Bonchev–Trinajstić information content (AvgIpc) is 3.28. The Hall–Kier alpha value is -6.03. The number of amides is 1. The number of nitrogens with two attached hydrogens (primary N) is 2. The lowest BCUT2D eigenvalue weighted by Gasteiger charge is -2.52. The monoisotopic (exact) mass is 1110 g/mol. The number of aliphatic hydroxyl groups excluding tert-OH is 1. The maximum Gasteiger partial charge on any atom is 0.490 e. The maximum absolute atomic E-state index is 13.9. The van der Waals surface area contributed by atoms with Crippen molar-refractivity contribution in [3.63, 3.8) is 0 Å². The van der Waals surface area contributed by atoms with Gasteiger partial charge in [0, 0.05) is 48.9 Å². The molecule has 3 aliphatic heterocycles. The summed E-state index contributed by atoms with van der Waals surface area (Å²) < 4.78 is 121. The first-order chi connectivity index (χ1) is 34.4. The fourth-order valence-corrected chi connectivity index (χ4v) is 7.86. The van der Waals surface area contributed by atoms with Gasteiger partial charge in [0.1, 0.15) is 43.2 Å². The molecule has 32 heteroatoms. The van der Waals surface area contributed by atoms with Crippen LogP contribution in [-0.2, 0) is 85.7 Å². The number of carboxylic acid groups (broad SMARTS) is 2. The Morgan fingerprint density at radius 3 is 1.76 bits per heavy atom. The Balaban J connectivity index is 0.00000120. The van der Waals surface area contributed by atoms with Gasteiger partial charge in [-0.05, 0) is 18.2 Å². The minimum absolute atomic E-state index is 0.0175. The quantitative estimate of drug-likeness (QED) is 0.0579. The summed E-state index contributed by atoms with van der Waals surface area (Å²) in [7, 11) is -0.662. The fraction of sp³-hybridized carbons (Fsp3) is 0.651. The molecule has 1 amide bonds. The van der Waals surface area contributed by atoms with E-state index >= 15 is 0 Å². The van der Waals surface area contributed by atoms with E-state index in [-0.39, 0.29) is 12.2 Å². The van der Waals surface area contributed by atoms with E-state index in [0.29, 0.717) is 6.04 Å². The lowest BCUT2D eigenvalue weighted by molar-refractivity contribution is -0.343. The predicted octanol–water partition coefficient (Wildman–Crippen LogP) is 0.866. The minimum atomic E-state index is -5.08. The van der Waals surface area contributed by atoms with Crippen molar-refractivity contribution in [2.24, 2.45) is 11.5 Å². The smallest absolute Gasteiger partial charge is 0.475 e. The number of carbonyl (C=O) groups excluding carboxylic acids is 7. The van der Waals surface area contributed by atoms with Crippen LogP contribution in [-0.4, -0.2) is 189 Å². The molecule has 1 aromatic carbocycles. The highest BCUT2D eigenvalue weighted by Gasteiger charge is 2.62. The molecule has 0 saturated carbocycles. The standard InChI is InChI=1S/C39H57N3O18Si.2C2HF3O2/c1-20(43)52-19-28(55-22(3)45)32(56-23(4)46)34-30(41)25(54-21(2)44)16-38(60-34)36(49)42-18-27(58-38)31(47)33-29(40)26(57-35(48)24-12-10-9-11-13-24)17-39(59-33,37(50)51-5)53-14-15-61(6,7)8;2*3-2(4,5)1(6)7/h9-13,25-34,47H,14-19,40-41H2,1-8H3,(H,42,49);2*(H,6,7)/t25-,26-,27+,28+,29+,30+,31+,32+,33+,34+,38+,39+;;/m0../s1. The van der Waals surface area contributed by atoms with Gasteiger partial charge in [0.25, 0.3) is 17.5 Å². The van der Waals surface area contributed by atoms with Crippen molar-refractivity contribution in [3.8, 4) is 0 Å². The Bertz CT molecular complexity index is 2160. The number of esters is 6. The molecule has 0 radical (unpaired) electrons. The number of hydrogen-bond donors (Lipinski definition) is 6. The molecule has 8 N–H and O–H groups in total. The summed E-state index contributed by atoms with van der Waals surface area (Å²) >= 11 is 0. The van der Waals surface area contributed by atoms with Crippen molar-refractivity contribution in [1.82, 2.24) is 5.32 Å². The zero-order valence-corrected chi connectivity index (χ0v) is 42.4. The third-order valence-corrected chi connectivity index (χ3v) is 12.3. The van der Waals surface area contributed by atoms with E-state index in [0.717, 1.165) is 34.8 Å².